The Morgan fingerprint density at radius 1 is 1.27 bits per heavy atom. The molecule has 2 aliphatic rings. The molecule has 84 valence electrons. The van der Waals surface area contributed by atoms with E-state index in [1.54, 1.807) is 0 Å². The first-order chi connectivity index (χ1) is 7.09. The van der Waals surface area contributed by atoms with Crippen molar-refractivity contribution in [3.8, 4) is 0 Å². The fourth-order valence-electron chi connectivity index (χ4n) is 3.61. The van der Waals surface area contributed by atoms with Crippen LogP contribution in [0.2, 0.25) is 0 Å². The summed E-state index contributed by atoms with van der Waals surface area (Å²) in [4.78, 5) is 0. The van der Waals surface area contributed by atoms with E-state index < -0.39 is 0 Å². The monoisotopic (exact) mass is 204 g/mol. The molecule has 2 unspecified atom stereocenters. The molecule has 0 bridgehead atoms. The van der Waals surface area contributed by atoms with Gasteiger partial charge in [-0.3, -0.25) is 0 Å². The smallest absolute Gasteiger partial charge is 0.0169 e. The van der Waals surface area contributed by atoms with Crippen LogP contribution in [0.5, 0.6) is 0 Å². The van der Waals surface area contributed by atoms with E-state index in [4.69, 9.17) is 0 Å². The van der Waals surface area contributed by atoms with Crippen molar-refractivity contribution in [2.45, 2.75) is 46.0 Å². The Bertz CT molecular complexity index is 274. The second kappa shape index (κ2) is 4.15. The van der Waals surface area contributed by atoms with Crippen molar-refractivity contribution in [3.05, 3.63) is 24.3 Å². The van der Waals surface area contributed by atoms with E-state index in [2.05, 4.69) is 27.0 Å². The van der Waals surface area contributed by atoms with Gasteiger partial charge in [-0.05, 0) is 62.7 Å². The van der Waals surface area contributed by atoms with Gasteiger partial charge < -0.3 is 0 Å². The maximum absolute atomic E-state index is 4.28. The number of allylic oxidation sites excluding steroid dienone is 2. The summed E-state index contributed by atoms with van der Waals surface area (Å²) in [5.41, 5.74) is 2.92. The summed E-state index contributed by atoms with van der Waals surface area (Å²) in [5, 5.41) is 0. The third-order valence-electron chi connectivity index (χ3n) is 4.78. The summed E-state index contributed by atoms with van der Waals surface area (Å²) < 4.78 is 0. The zero-order chi connectivity index (χ0) is 11.0. The number of hydrogen-bond donors (Lipinski definition) is 0. The Hall–Kier alpha value is -0.520. The molecule has 2 rings (SSSR count). The van der Waals surface area contributed by atoms with Gasteiger partial charge in [0.2, 0.25) is 0 Å². The van der Waals surface area contributed by atoms with Crippen LogP contribution >= 0.6 is 0 Å². The van der Waals surface area contributed by atoms with Gasteiger partial charge in [-0.2, -0.15) is 0 Å². The average Bonchev–Trinajstić information content (AvgIpc) is 2.43. The molecule has 2 saturated carbocycles. The molecule has 0 N–H and O–H groups in total. The third-order valence-corrected chi connectivity index (χ3v) is 4.78. The van der Waals surface area contributed by atoms with Crippen LogP contribution < -0.4 is 0 Å². The molecule has 0 aromatic carbocycles. The maximum atomic E-state index is 4.28. The van der Waals surface area contributed by atoms with Crippen molar-refractivity contribution in [2.75, 3.05) is 0 Å². The Balaban J connectivity index is 2.16. The Morgan fingerprint density at radius 2 is 2.00 bits per heavy atom. The lowest BCUT2D eigenvalue weighted by molar-refractivity contribution is 0.298. The summed E-state index contributed by atoms with van der Waals surface area (Å²) in [6.07, 6.45) is 6.77. The van der Waals surface area contributed by atoms with Crippen LogP contribution in [0.4, 0.5) is 0 Å². The molecule has 0 nitrogen and oxygen atoms in total. The molecular weight excluding hydrogens is 180 g/mol. The van der Waals surface area contributed by atoms with Gasteiger partial charge in [0.05, 0.1) is 0 Å². The van der Waals surface area contributed by atoms with Crippen LogP contribution in [0.3, 0.4) is 0 Å². The van der Waals surface area contributed by atoms with Crippen molar-refractivity contribution in [2.24, 2.45) is 23.7 Å². The van der Waals surface area contributed by atoms with Crippen LogP contribution in [0.1, 0.15) is 46.0 Å². The zero-order valence-corrected chi connectivity index (χ0v) is 10.3. The van der Waals surface area contributed by atoms with Crippen LogP contribution in [0.15, 0.2) is 24.3 Å². The second-order valence-corrected chi connectivity index (χ2v) is 5.80. The number of fused-ring (bicyclic) bond motifs is 1. The highest BCUT2D eigenvalue weighted by atomic mass is 14.4. The highest BCUT2D eigenvalue weighted by molar-refractivity contribution is 5.13. The predicted molar refractivity (Wildman–Crippen MR) is 66.7 cm³/mol. The Labute approximate surface area is 94.5 Å². The molecule has 2 aliphatic carbocycles. The predicted octanol–water partition coefficient (Wildman–Crippen LogP) is 4.58. The van der Waals surface area contributed by atoms with E-state index in [-0.39, 0.29) is 0 Å². The summed E-state index contributed by atoms with van der Waals surface area (Å²) >= 11 is 0. The summed E-state index contributed by atoms with van der Waals surface area (Å²) in [7, 11) is 0. The number of hydrogen-bond acceptors (Lipinski definition) is 0. The van der Waals surface area contributed by atoms with Gasteiger partial charge in [-0.1, -0.05) is 31.2 Å². The van der Waals surface area contributed by atoms with E-state index in [0.29, 0.717) is 0 Å². The Kier molecular flexibility index (Phi) is 3.04. The van der Waals surface area contributed by atoms with Gasteiger partial charge in [-0.15, -0.1) is 0 Å². The molecule has 0 spiro atoms. The lowest BCUT2D eigenvalue weighted by Crippen LogP contribution is -2.15. The first-order valence-electron chi connectivity index (χ1n) is 6.42. The van der Waals surface area contributed by atoms with Crippen LogP contribution in [-0.2, 0) is 0 Å². The minimum Gasteiger partial charge on any atom is -0.0999 e. The molecule has 0 aliphatic heterocycles. The van der Waals surface area contributed by atoms with Gasteiger partial charge in [0.25, 0.3) is 0 Å². The molecule has 0 saturated heterocycles. The minimum absolute atomic E-state index is 0.761. The first kappa shape index (κ1) is 11.0. The van der Waals surface area contributed by atoms with Crippen LogP contribution in [0.25, 0.3) is 0 Å². The molecule has 15 heavy (non-hydrogen) atoms. The third kappa shape index (κ3) is 2.04. The summed E-state index contributed by atoms with van der Waals surface area (Å²) in [6, 6.07) is 0. The first-order valence-corrected chi connectivity index (χ1v) is 6.42. The van der Waals surface area contributed by atoms with E-state index in [1.165, 1.54) is 43.3 Å². The van der Waals surface area contributed by atoms with E-state index in [9.17, 15) is 0 Å². The maximum Gasteiger partial charge on any atom is -0.0169 e. The second-order valence-electron chi connectivity index (χ2n) is 5.80. The lowest BCUT2D eigenvalue weighted by Gasteiger charge is -2.23. The van der Waals surface area contributed by atoms with Gasteiger partial charge in [0, 0.05) is 0 Å². The Morgan fingerprint density at radius 3 is 2.67 bits per heavy atom. The minimum atomic E-state index is 0.761. The average molecular weight is 204 g/mol. The van der Waals surface area contributed by atoms with Gasteiger partial charge in [0.1, 0.15) is 0 Å². The van der Waals surface area contributed by atoms with Gasteiger partial charge in [0.15, 0.2) is 0 Å². The van der Waals surface area contributed by atoms with Crippen molar-refractivity contribution >= 4 is 0 Å². The molecule has 4 atom stereocenters. The van der Waals surface area contributed by atoms with Gasteiger partial charge in [-0.25, -0.2) is 0 Å². The molecular formula is C15H24. The molecule has 0 heteroatoms. The molecule has 2 fully saturated rings. The SMILES string of the molecule is C=C1CCC2C1C[C@H](C(=C)C)CC[C@@H]2C. The summed E-state index contributed by atoms with van der Waals surface area (Å²) in [5.74, 6) is 3.40. The van der Waals surface area contributed by atoms with E-state index >= 15 is 0 Å². The topological polar surface area (TPSA) is 0 Å². The van der Waals surface area contributed by atoms with Crippen molar-refractivity contribution in [1.29, 1.82) is 0 Å². The number of rotatable bonds is 1. The van der Waals surface area contributed by atoms with Crippen molar-refractivity contribution < 1.29 is 0 Å². The fraction of sp³-hybridized carbons (Fsp3) is 0.733. The molecule has 0 amide bonds. The van der Waals surface area contributed by atoms with Gasteiger partial charge >= 0.3 is 0 Å². The standard InChI is InChI=1S/C15H24/c1-10(2)13-7-5-11(3)14-8-6-12(4)15(14)9-13/h11,13-15H,1,4-9H2,2-3H3/t11-,13+,14?,15?/m0/s1. The zero-order valence-electron chi connectivity index (χ0n) is 10.3. The summed E-state index contributed by atoms with van der Waals surface area (Å²) in [6.45, 7) is 13.1. The fourth-order valence-corrected chi connectivity index (χ4v) is 3.61. The molecule has 0 aromatic heterocycles. The van der Waals surface area contributed by atoms with Crippen molar-refractivity contribution in [3.63, 3.8) is 0 Å². The van der Waals surface area contributed by atoms with Crippen molar-refractivity contribution in [1.82, 2.24) is 0 Å². The molecule has 0 aromatic rings. The van der Waals surface area contributed by atoms with Crippen LogP contribution in [0, 0.1) is 23.7 Å². The highest BCUT2D eigenvalue weighted by Crippen LogP contribution is 2.48. The van der Waals surface area contributed by atoms with E-state index in [0.717, 1.165) is 23.7 Å². The van der Waals surface area contributed by atoms with Crippen LogP contribution in [-0.4, -0.2) is 0 Å². The normalized spacial score (nSPS) is 41.1. The largest absolute Gasteiger partial charge is 0.0999 e. The lowest BCUT2D eigenvalue weighted by atomic mass is 9.81. The highest BCUT2D eigenvalue weighted by Gasteiger charge is 2.37. The molecule has 0 radical (unpaired) electrons. The van der Waals surface area contributed by atoms with E-state index in [1.807, 2.05) is 0 Å². The quantitative estimate of drug-likeness (QED) is 0.548. The molecule has 0 heterocycles.